The van der Waals surface area contributed by atoms with E-state index in [1.54, 1.807) is 13.8 Å². The molecule has 2 heterocycles. The highest BCUT2D eigenvalue weighted by molar-refractivity contribution is 6.06. The molecule has 2 saturated heterocycles. The molecule has 1 atom stereocenters. The Bertz CT molecular complexity index is 392. The van der Waals surface area contributed by atoms with Crippen LogP contribution in [0.4, 0.5) is 4.79 Å². The molecule has 0 radical (unpaired) electrons. The van der Waals surface area contributed by atoms with Gasteiger partial charge in [-0.3, -0.25) is 9.69 Å². The van der Waals surface area contributed by atoms with Crippen molar-refractivity contribution in [2.45, 2.75) is 45.2 Å². The first-order chi connectivity index (χ1) is 9.31. The van der Waals surface area contributed by atoms with Gasteiger partial charge in [-0.2, -0.15) is 0 Å². The normalized spacial score (nSPS) is 24.7. The lowest BCUT2D eigenvalue weighted by Crippen LogP contribution is -2.44. The van der Waals surface area contributed by atoms with E-state index in [0.29, 0.717) is 12.5 Å². The second-order valence-electron chi connectivity index (χ2n) is 6.55. The Balaban J connectivity index is 0.00000220. The lowest BCUT2D eigenvalue weighted by Gasteiger charge is -2.34. The third kappa shape index (κ3) is 4.08. The zero-order valence-corrected chi connectivity index (χ0v) is 13.9. The third-order valence-corrected chi connectivity index (χ3v) is 4.46. The van der Waals surface area contributed by atoms with Crippen LogP contribution in [-0.2, 0) is 4.79 Å². The lowest BCUT2D eigenvalue weighted by molar-refractivity contribution is -0.130. The van der Waals surface area contributed by atoms with Crippen molar-refractivity contribution < 1.29 is 9.59 Å². The number of nitrogens with two attached hydrogens (primary N) is 1. The van der Waals surface area contributed by atoms with Crippen LogP contribution in [0, 0.1) is 5.92 Å². The van der Waals surface area contributed by atoms with Crippen molar-refractivity contribution >= 4 is 24.3 Å². The van der Waals surface area contributed by atoms with Gasteiger partial charge in [0.15, 0.2) is 0 Å². The number of hydrogen-bond acceptors (Lipinski definition) is 4. The summed E-state index contributed by atoms with van der Waals surface area (Å²) in [6.07, 6.45) is 2.20. The van der Waals surface area contributed by atoms with E-state index >= 15 is 0 Å². The van der Waals surface area contributed by atoms with Gasteiger partial charge < -0.3 is 16.0 Å². The van der Waals surface area contributed by atoms with Crippen LogP contribution in [0.25, 0.3) is 0 Å². The van der Waals surface area contributed by atoms with Crippen LogP contribution in [0.15, 0.2) is 0 Å². The molecule has 122 valence electrons. The molecule has 0 aromatic rings. The van der Waals surface area contributed by atoms with E-state index in [0.717, 1.165) is 32.5 Å². The summed E-state index contributed by atoms with van der Waals surface area (Å²) < 4.78 is 0. The molecule has 2 aliphatic heterocycles. The highest BCUT2D eigenvalue weighted by Crippen LogP contribution is 2.20. The zero-order valence-electron chi connectivity index (χ0n) is 13.1. The molecule has 0 aromatic carbocycles. The zero-order chi connectivity index (χ0) is 14.9. The number of piperidine rings is 1. The van der Waals surface area contributed by atoms with Crippen molar-refractivity contribution in [1.29, 1.82) is 0 Å². The Morgan fingerprint density at radius 1 is 1.29 bits per heavy atom. The molecule has 3 amide bonds. The molecular weight excluding hydrogens is 292 g/mol. The minimum Gasteiger partial charge on any atom is -0.328 e. The van der Waals surface area contributed by atoms with E-state index in [2.05, 4.69) is 17.1 Å². The standard InChI is InChI=1S/C14H26N4O2.ClH/c1-10(15)11-4-6-17(7-5-11)8-9-18-12(19)14(2,3)16-13(18)20;/h10-11H,4-9,15H2,1-3H3,(H,16,20);1H. The maximum Gasteiger partial charge on any atom is 0.325 e. The maximum atomic E-state index is 12.1. The number of rotatable bonds is 4. The second kappa shape index (κ2) is 6.94. The fourth-order valence-electron chi connectivity index (χ4n) is 2.96. The minimum atomic E-state index is -0.765. The number of amides is 3. The van der Waals surface area contributed by atoms with E-state index in [-0.39, 0.29) is 30.4 Å². The van der Waals surface area contributed by atoms with E-state index in [9.17, 15) is 9.59 Å². The monoisotopic (exact) mass is 318 g/mol. The molecule has 0 aliphatic carbocycles. The van der Waals surface area contributed by atoms with Crippen LogP contribution in [-0.4, -0.2) is 59.5 Å². The largest absolute Gasteiger partial charge is 0.328 e. The number of urea groups is 1. The molecule has 0 bridgehead atoms. The van der Waals surface area contributed by atoms with Crippen molar-refractivity contribution in [2.24, 2.45) is 11.7 Å². The van der Waals surface area contributed by atoms with Crippen molar-refractivity contribution in [3.63, 3.8) is 0 Å². The molecule has 2 fully saturated rings. The number of nitrogens with zero attached hydrogens (tertiary/aromatic N) is 2. The van der Waals surface area contributed by atoms with Crippen LogP contribution in [0.1, 0.15) is 33.6 Å². The van der Waals surface area contributed by atoms with E-state index in [1.807, 2.05) is 0 Å². The van der Waals surface area contributed by atoms with Gasteiger partial charge in [0.25, 0.3) is 5.91 Å². The summed E-state index contributed by atoms with van der Waals surface area (Å²) in [6, 6.07) is -0.0191. The van der Waals surface area contributed by atoms with Crippen molar-refractivity contribution in [2.75, 3.05) is 26.2 Å². The first kappa shape index (κ1) is 18.2. The van der Waals surface area contributed by atoms with Gasteiger partial charge in [-0.1, -0.05) is 0 Å². The van der Waals surface area contributed by atoms with Crippen LogP contribution in [0.2, 0.25) is 0 Å². The molecule has 1 unspecified atom stereocenters. The SMILES string of the molecule is CC(N)C1CCN(CCN2C(=O)NC(C)(C)C2=O)CC1.Cl. The number of carbonyl (C=O) groups excluding carboxylic acids is 2. The molecule has 2 rings (SSSR count). The molecule has 0 saturated carbocycles. The first-order valence-electron chi connectivity index (χ1n) is 7.43. The van der Waals surface area contributed by atoms with Gasteiger partial charge in [0.1, 0.15) is 5.54 Å². The quantitative estimate of drug-likeness (QED) is 0.751. The van der Waals surface area contributed by atoms with Gasteiger partial charge in [-0.05, 0) is 52.6 Å². The number of carbonyl (C=O) groups is 2. The smallest absolute Gasteiger partial charge is 0.325 e. The highest BCUT2D eigenvalue weighted by Gasteiger charge is 2.44. The fraction of sp³-hybridized carbons (Fsp3) is 0.857. The summed E-state index contributed by atoms with van der Waals surface area (Å²) in [7, 11) is 0. The summed E-state index contributed by atoms with van der Waals surface area (Å²) in [5.41, 5.74) is 5.16. The molecule has 7 heteroatoms. The van der Waals surface area contributed by atoms with Gasteiger partial charge in [-0.25, -0.2) is 4.79 Å². The average Bonchev–Trinajstić information content (AvgIpc) is 2.57. The Labute approximate surface area is 132 Å². The summed E-state index contributed by atoms with van der Waals surface area (Å²) >= 11 is 0. The van der Waals surface area contributed by atoms with E-state index in [1.165, 1.54) is 4.90 Å². The van der Waals surface area contributed by atoms with Crippen molar-refractivity contribution in [3.05, 3.63) is 0 Å². The number of nitrogens with one attached hydrogen (secondary N) is 1. The van der Waals surface area contributed by atoms with Crippen LogP contribution in [0.5, 0.6) is 0 Å². The maximum absolute atomic E-state index is 12.1. The fourth-order valence-corrected chi connectivity index (χ4v) is 2.96. The third-order valence-electron chi connectivity index (χ3n) is 4.46. The topological polar surface area (TPSA) is 78.7 Å². The Kier molecular flexibility index (Phi) is 6.01. The molecule has 0 aromatic heterocycles. The van der Waals surface area contributed by atoms with E-state index in [4.69, 9.17) is 5.73 Å². The number of halogens is 1. The first-order valence-corrected chi connectivity index (χ1v) is 7.43. The second-order valence-corrected chi connectivity index (χ2v) is 6.55. The molecule has 2 aliphatic rings. The van der Waals surface area contributed by atoms with Gasteiger partial charge in [0.2, 0.25) is 0 Å². The predicted molar refractivity (Wildman–Crippen MR) is 84.4 cm³/mol. The van der Waals surface area contributed by atoms with E-state index < -0.39 is 5.54 Å². The van der Waals surface area contributed by atoms with Gasteiger partial charge >= 0.3 is 6.03 Å². The number of imide groups is 1. The molecule has 0 spiro atoms. The molecular formula is C14H27ClN4O2. The van der Waals surface area contributed by atoms with Crippen LogP contribution in [0.3, 0.4) is 0 Å². The summed E-state index contributed by atoms with van der Waals surface area (Å²) in [4.78, 5) is 27.5. The minimum absolute atomic E-state index is 0. The van der Waals surface area contributed by atoms with Gasteiger partial charge in [0.05, 0.1) is 0 Å². The molecule has 6 nitrogen and oxygen atoms in total. The lowest BCUT2D eigenvalue weighted by atomic mass is 9.91. The highest BCUT2D eigenvalue weighted by atomic mass is 35.5. The summed E-state index contributed by atoms with van der Waals surface area (Å²) in [5, 5.41) is 2.71. The average molecular weight is 319 g/mol. The molecule has 3 N–H and O–H groups in total. The van der Waals surface area contributed by atoms with Crippen LogP contribution >= 0.6 is 12.4 Å². The Hall–Kier alpha value is -0.850. The van der Waals surface area contributed by atoms with Crippen molar-refractivity contribution in [3.8, 4) is 0 Å². The number of likely N-dealkylation sites (tertiary alicyclic amines) is 1. The summed E-state index contributed by atoms with van der Waals surface area (Å²) in [5.74, 6) is 0.467. The van der Waals surface area contributed by atoms with Crippen LogP contribution < -0.4 is 11.1 Å². The number of hydrogen-bond donors (Lipinski definition) is 2. The Morgan fingerprint density at radius 3 is 2.29 bits per heavy atom. The van der Waals surface area contributed by atoms with Crippen molar-refractivity contribution in [1.82, 2.24) is 15.1 Å². The van der Waals surface area contributed by atoms with Gasteiger partial charge in [-0.15, -0.1) is 12.4 Å². The predicted octanol–water partition coefficient (Wildman–Crippen LogP) is 0.798. The summed E-state index contributed by atoms with van der Waals surface area (Å²) in [6.45, 7) is 8.76. The Morgan fingerprint density at radius 2 is 1.86 bits per heavy atom. The molecule has 21 heavy (non-hydrogen) atoms. The van der Waals surface area contributed by atoms with Gasteiger partial charge in [0, 0.05) is 19.1 Å².